The molecule has 0 aromatic carbocycles. The van der Waals surface area contributed by atoms with Crippen molar-refractivity contribution < 1.29 is 19.5 Å². The number of thiophene rings is 1. The molecule has 7 heteroatoms. The van der Waals surface area contributed by atoms with E-state index in [9.17, 15) is 14.4 Å². The van der Waals surface area contributed by atoms with Gasteiger partial charge in [0.05, 0.1) is 18.9 Å². The van der Waals surface area contributed by atoms with Crippen molar-refractivity contribution in [2.75, 3.05) is 26.7 Å². The van der Waals surface area contributed by atoms with Crippen LogP contribution in [0.1, 0.15) is 22.6 Å². The van der Waals surface area contributed by atoms with Gasteiger partial charge in [0.1, 0.15) is 0 Å². The average Bonchev–Trinajstić information content (AvgIpc) is 2.92. The van der Waals surface area contributed by atoms with Gasteiger partial charge in [-0.15, -0.1) is 11.3 Å². The maximum absolute atomic E-state index is 12.2. The number of likely N-dealkylation sites (tertiary alicyclic amines) is 1. The van der Waals surface area contributed by atoms with Crippen LogP contribution in [0.3, 0.4) is 0 Å². The van der Waals surface area contributed by atoms with Crippen molar-refractivity contribution in [1.29, 1.82) is 0 Å². The van der Waals surface area contributed by atoms with Crippen LogP contribution >= 0.6 is 11.3 Å². The highest BCUT2D eigenvalue weighted by Crippen LogP contribution is 2.18. The second kappa shape index (κ2) is 7.59. The van der Waals surface area contributed by atoms with Crippen LogP contribution in [0.15, 0.2) is 12.1 Å². The maximum atomic E-state index is 12.2. The molecular weight excluding hydrogens is 316 g/mol. The molecule has 1 fully saturated rings. The zero-order valence-corrected chi connectivity index (χ0v) is 14.3. The number of aryl methyl sites for hydroxylation is 1. The van der Waals surface area contributed by atoms with Crippen molar-refractivity contribution in [2.24, 2.45) is 5.92 Å². The van der Waals surface area contributed by atoms with E-state index in [1.165, 1.54) is 4.90 Å². The van der Waals surface area contributed by atoms with E-state index in [1.807, 2.05) is 19.1 Å². The molecule has 1 saturated heterocycles. The lowest BCUT2D eigenvalue weighted by Crippen LogP contribution is -2.45. The normalized spacial score (nSPS) is 15.5. The number of aliphatic carboxylic acids is 1. The molecule has 0 spiro atoms. The standard InChI is InChI=1S/C16H22N2O4S/c1-11-3-4-13(23-11)9-14(19)17(2)10-15(20)18-7-5-12(6-8-18)16(21)22/h3-4,12H,5-10H2,1-2H3,(H,21,22). The molecule has 0 bridgehead atoms. The molecule has 1 aromatic rings. The van der Waals surface area contributed by atoms with E-state index < -0.39 is 5.97 Å². The van der Waals surface area contributed by atoms with E-state index in [2.05, 4.69) is 0 Å². The minimum Gasteiger partial charge on any atom is -0.481 e. The van der Waals surface area contributed by atoms with Crippen molar-refractivity contribution in [3.8, 4) is 0 Å². The van der Waals surface area contributed by atoms with Crippen molar-refractivity contribution in [3.05, 3.63) is 21.9 Å². The highest BCUT2D eigenvalue weighted by molar-refractivity contribution is 7.12. The lowest BCUT2D eigenvalue weighted by Gasteiger charge is -2.31. The first kappa shape index (κ1) is 17.5. The minimum atomic E-state index is -0.796. The topological polar surface area (TPSA) is 77.9 Å². The monoisotopic (exact) mass is 338 g/mol. The van der Waals surface area contributed by atoms with E-state index in [0.717, 1.165) is 9.75 Å². The van der Waals surface area contributed by atoms with Gasteiger partial charge in [-0.3, -0.25) is 14.4 Å². The number of hydrogen-bond donors (Lipinski definition) is 1. The first-order chi connectivity index (χ1) is 10.9. The van der Waals surface area contributed by atoms with Crippen molar-refractivity contribution in [3.63, 3.8) is 0 Å². The maximum Gasteiger partial charge on any atom is 0.306 e. The van der Waals surface area contributed by atoms with E-state index in [0.29, 0.717) is 32.4 Å². The number of nitrogens with zero attached hydrogens (tertiary/aromatic N) is 2. The third-order valence-corrected chi connectivity index (χ3v) is 5.12. The van der Waals surface area contributed by atoms with E-state index >= 15 is 0 Å². The Morgan fingerprint density at radius 2 is 1.96 bits per heavy atom. The fraction of sp³-hybridized carbons (Fsp3) is 0.562. The average molecular weight is 338 g/mol. The molecule has 6 nitrogen and oxygen atoms in total. The number of likely N-dealkylation sites (N-methyl/N-ethyl adjacent to an activating group) is 1. The van der Waals surface area contributed by atoms with E-state index in [1.54, 1.807) is 23.3 Å². The summed E-state index contributed by atoms with van der Waals surface area (Å²) in [6.07, 6.45) is 1.27. The molecule has 1 aliphatic heterocycles. The van der Waals surface area contributed by atoms with Gasteiger partial charge in [0, 0.05) is 29.9 Å². The summed E-state index contributed by atoms with van der Waals surface area (Å²) in [5, 5.41) is 8.97. The predicted molar refractivity (Wildman–Crippen MR) is 87.3 cm³/mol. The second-order valence-corrected chi connectivity index (χ2v) is 7.30. The first-order valence-electron chi connectivity index (χ1n) is 7.66. The largest absolute Gasteiger partial charge is 0.481 e. The van der Waals surface area contributed by atoms with Gasteiger partial charge in [0.25, 0.3) is 0 Å². The Kier molecular flexibility index (Phi) is 5.76. The Balaban J connectivity index is 1.80. The number of hydrogen-bond acceptors (Lipinski definition) is 4. The molecule has 126 valence electrons. The smallest absolute Gasteiger partial charge is 0.306 e. The molecule has 0 atom stereocenters. The molecule has 23 heavy (non-hydrogen) atoms. The summed E-state index contributed by atoms with van der Waals surface area (Å²) in [4.78, 5) is 40.6. The zero-order valence-electron chi connectivity index (χ0n) is 13.4. The van der Waals surface area contributed by atoms with E-state index in [4.69, 9.17) is 5.11 Å². The number of rotatable bonds is 5. The SMILES string of the molecule is Cc1ccc(CC(=O)N(C)CC(=O)N2CCC(C(=O)O)CC2)s1. The third kappa shape index (κ3) is 4.79. The Labute approximate surface area is 139 Å². The fourth-order valence-corrected chi connectivity index (χ4v) is 3.51. The Morgan fingerprint density at radius 3 is 2.48 bits per heavy atom. The molecule has 2 rings (SSSR count). The van der Waals surface area contributed by atoms with Crippen LogP contribution in [0.5, 0.6) is 0 Å². The predicted octanol–water partition coefficient (Wildman–Crippen LogP) is 1.38. The molecule has 1 N–H and O–H groups in total. The van der Waals surface area contributed by atoms with Crippen LogP contribution in [0, 0.1) is 12.8 Å². The van der Waals surface area contributed by atoms with Crippen LogP contribution < -0.4 is 0 Å². The molecule has 0 radical (unpaired) electrons. The van der Waals surface area contributed by atoms with Gasteiger partial charge in [-0.1, -0.05) is 0 Å². The summed E-state index contributed by atoms with van der Waals surface area (Å²) in [6.45, 7) is 2.93. The van der Waals surface area contributed by atoms with Gasteiger partial charge in [-0.2, -0.15) is 0 Å². The van der Waals surface area contributed by atoms with Gasteiger partial charge in [0.2, 0.25) is 11.8 Å². The Morgan fingerprint density at radius 1 is 1.30 bits per heavy atom. The van der Waals surface area contributed by atoms with Gasteiger partial charge in [0.15, 0.2) is 0 Å². The third-order valence-electron chi connectivity index (χ3n) is 4.12. The number of carboxylic acids is 1. The highest BCUT2D eigenvalue weighted by Gasteiger charge is 2.27. The number of amides is 2. The lowest BCUT2D eigenvalue weighted by molar-refractivity contribution is -0.146. The minimum absolute atomic E-state index is 0.0426. The van der Waals surface area contributed by atoms with Gasteiger partial charge in [-0.05, 0) is 31.9 Å². The van der Waals surface area contributed by atoms with Crippen LogP contribution in [0.2, 0.25) is 0 Å². The summed E-state index contributed by atoms with van der Waals surface area (Å²) >= 11 is 1.58. The summed E-state index contributed by atoms with van der Waals surface area (Å²) in [5.74, 6) is -1.36. The molecule has 0 aliphatic carbocycles. The summed E-state index contributed by atoms with van der Waals surface area (Å²) < 4.78 is 0. The molecule has 0 unspecified atom stereocenters. The molecular formula is C16H22N2O4S. The van der Waals surface area contributed by atoms with Crippen molar-refractivity contribution in [1.82, 2.24) is 9.80 Å². The van der Waals surface area contributed by atoms with Crippen molar-refractivity contribution in [2.45, 2.75) is 26.2 Å². The molecule has 2 heterocycles. The van der Waals surface area contributed by atoms with Gasteiger partial charge >= 0.3 is 5.97 Å². The molecule has 1 aromatic heterocycles. The fourth-order valence-electron chi connectivity index (χ4n) is 2.63. The molecule has 1 aliphatic rings. The summed E-state index contributed by atoms with van der Waals surface area (Å²) in [6, 6.07) is 3.91. The first-order valence-corrected chi connectivity index (χ1v) is 8.48. The lowest BCUT2D eigenvalue weighted by atomic mass is 9.97. The van der Waals surface area contributed by atoms with E-state index in [-0.39, 0.29) is 24.3 Å². The highest BCUT2D eigenvalue weighted by atomic mass is 32.1. The summed E-state index contributed by atoms with van der Waals surface area (Å²) in [5.41, 5.74) is 0. The quantitative estimate of drug-likeness (QED) is 0.880. The Hall–Kier alpha value is -1.89. The van der Waals surface area contributed by atoms with Crippen LogP contribution in [-0.2, 0) is 20.8 Å². The van der Waals surface area contributed by atoms with Crippen LogP contribution in [0.4, 0.5) is 0 Å². The number of piperidine rings is 1. The molecule has 2 amide bonds. The number of carbonyl (C=O) groups excluding carboxylic acids is 2. The van der Waals surface area contributed by atoms with Gasteiger partial charge in [-0.25, -0.2) is 0 Å². The Bertz CT molecular complexity index is 591. The second-order valence-electron chi connectivity index (χ2n) is 5.93. The number of carbonyl (C=O) groups is 3. The van der Waals surface area contributed by atoms with Gasteiger partial charge < -0.3 is 14.9 Å². The molecule has 0 saturated carbocycles. The zero-order chi connectivity index (χ0) is 17.0. The van der Waals surface area contributed by atoms with Crippen LogP contribution in [0.25, 0.3) is 0 Å². The summed E-state index contributed by atoms with van der Waals surface area (Å²) in [7, 11) is 1.63. The van der Waals surface area contributed by atoms with Crippen LogP contribution in [-0.4, -0.2) is 59.4 Å². The number of carboxylic acid groups (broad SMARTS) is 1. The van der Waals surface area contributed by atoms with Crippen molar-refractivity contribution >= 4 is 29.1 Å².